The van der Waals surface area contributed by atoms with Gasteiger partial charge in [0.25, 0.3) is 0 Å². The number of hydrogen-bond donors (Lipinski definition) is 0. The van der Waals surface area contributed by atoms with Crippen molar-refractivity contribution in [1.29, 1.82) is 0 Å². The van der Waals surface area contributed by atoms with Gasteiger partial charge in [-0.3, -0.25) is 4.79 Å². The van der Waals surface area contributed by atoms with Crippen molar-refractivity contribution in [3.05, 3.63) is 23.8 Å². The van der Waals surface area contributed by atoms with E-state index in [4.69, 9.17) is 14.2 Å². The maximum atomic E-state index is 11.6. The molecule has 0 fully saturated rings. The molecule has 0 radical (unpaired) electrons. The number of methoxy groups -OCH3 is 2. The summed E-state index contributed by atoms with van der Waals surface area (Å²) in [6.07, 6.45) is 3.28. The lowest BCUT2D eigenvalue weighted by Crippen LogP contribution is -2.37. The molecule has 0 unspecified atom stereocenters. The van der Waals surface area contributed by atoms with Gasteiger partial charge in [0.1, 0.15) is 6.79 Å². The maximum Gasteiger partial charge on any atom is 0.305 e. The molecular formula is C15H24O4. The van der Waals surface area contributed by atoms with Crippen molar-refractivity contribution in [2.45, 2.75) is 32.8 Å². The highest BCUT2D eigenvalue weighted by molar-refractivity contribution is 5.69. The summed E-state index contributed by atoms with van der Waals surface area (Å²) in [6.45, 7) is 8.28. The topological polar surface area (TPSA) is 44.8 Å². The first-order valence-corrected chi connectivity index (χ1v) is 6.50. The van der Waals surface area contributed by atoms with Gasteiger partial charge in [0.15, 0.2) is 0 Å². The van der Waals surface area contributed by atoms with E-state index in [1.54, 1.807) is 7.11 Å². The summed E-state index contributed by atoms with van der Waals surface area (Å²) >= 11 is 0. The molecule has 0 bridgehead atoms. The Kier molecular flexibility index (Phi) is 6.25. The zero-order valence-corrected chi connectivity index (χ0v) is 12.3. The first-order chi connectivity index (χ1) is 9.01. The van der Waals surface area contributed by atoms with Crippen LogP contribution in [0.15, 0.2) is 23.8 Å². The molecule has 0 heterocycles. The highest BCUT2D eigenvalue weighted by atomic mass is 16.7. The van der Waals surface area contributed by atoms with Gasteiger partial charge < -0.3 is 14.2 Å². The SMILES string of the molecule is C=C(C)[C@@H]1CC=C(C)[C@H](OCOC)[C@H]1CC(=O)OC. The minimum absolute atomic E-state index is 0.0603. The Morgan fingerprint density at radius 2 is 2.16 bits per heavy atom. The molecule has 1 rings (SSSR count). The van der Waals surface area contributed by atoms with Crippen LogP contribution in [0.25, 0.3) is 0 Å². The quantitative estimate of drug-likeness (QED) is 0.422. The van der Waals surface area contributed by atoms with Gasteiger partial charge in [-0.25, -0.2) is 0 Å². The number of hydrogen-bond acceptors (Lipinski definition) is 4. The average molecular weight is 268 g/mol. The second-order valence-corrected chi connectivity index (χ2v) is 5.07. The maximum absolute atomic E-state index is 11.6. The second kappa shape index (κ2) is 7.46. The minimum Gasteiger partial charge on any atom is -0.469 e. The fourth-order valence-electron chi connectivity index (χ4n) is 2.64. The molecule has 0 saturated heterocycles. The Morgan fingerprint density at radius 1 is 1.47 bits per heavy atom. The summed E-state index contributed by atoms with van der Waals surface area (Å²) in [5.74, 6) is 0.0896. The second-order valence-electron chi connectivity index (χ2n) is 5.07. The van der Waals surface area contributed by atoms with Crippen molar-refractivity contribution in [3.8, 4) is 0 Å². The van der Waals surface area contributed by atoms with Gasteiger partial charge in [0, 0.05) is 13.0 Å². The van der Waals surface area contributed by atoms with E-state index in [0.717, 1.165) is 17.6 Å². The van der Waals surface area contributed by atoms with Crippen molar-refractivity contribution in [2.75, 3.05) is 21.0 Å². The van der Waals surface area contributed by atoms with E-state index >= 15 is 0 Å². The van der Waals surface area contributed by atoms with Crippen LogP contribution in [0.4, 0.5) is 0 Å². The fourth-order valence-corrected chi connectivity index (χ4v) is 2.64. The predicted molar refractivity (Wildman–Crippen MR) is 73.6 cm³/mol. The number of rotatable bonds is 6. The minimum atomic E-state index is -0.211. The van der Waals surface area contributed by atoms with Gasteiger partial charge in [-0.1, -0.05) is 18.2 Å². The van der Waals surface area contributed by atoms with Gasteiger partial charge in [-0.05, 0) is 31.8 Å². The summed E-state index contributed by atoms with van der Waals surface area (Å²) in [6, 6.07) is 0. The lowest BCUT2D eigenvalue weighted by molar-refractivity contribution is -0.145. The smallest absolute Gasteiger partial charge is 0.305 e. The lowest BCUT2D eigenvalue weighted by atomic mass is 9.73. The first kappa shape index (κ1) is 15.9. The summed E-state index contributed by atoms with van der Waals surface area (Å²) in [5.41, 5.74) is 2.21. The van der Waals surface area contributed by atoms with Crippen molar-refractivity contribution in [2.24, 2.45) is 11.8 Å². The van der Waals surface area contributed by atoms with Gasteiger partial charge in [0.05, 0.1) is 19.6 Å². The van der Waals surface area contributed by atoms with Crippen LogP contribution >= 0.6 is 0 Å². The number of carbonyl (C=O) groups excluding carboxylic acids is 1. The van der Waals surface area contributed by atoms with E-state index in [9.17, 15) is 4.79 Å². The molecule has 4 nitrogen and oxygen atoms in total. The van der Waals surface area contributed by atoms with Gasteiger partial charge in [0.2, 0.25) is 0 Å². The Labute approximate surface area is 115 Å². The van der Waals surface area contributed by atoms with Crippen LogP contribution in [-0.4, -0.2) is 33.1 Å². The molecule has 0 aromatic rings. The Hall–Kier alpha value is -1.13. The van der Waals surface area contributed by atoms with E-state index < -0.39 is 0 Å². The highest BCUT2D eigenvalue weighted by Gasteiger charge is 2.36. The Morgan fingerprint density at radius 3 is 2.68 bits per heavy atom. The largest absolute Gasteiger partial charge is 0.469 e. The normalized spacial score (nSPS) is 26.7. The zero-order valence-electron chi connectivity index (χ0n) is 12.3. The van der Waals surface area contributed by atoms with Crippen LogP contribution in [-0.2, 0) is 19.0 Å². The van der Waals surface area contributed by atoms with Crippen LogP contribution in [0.2, 0.25) is 0 Å². The molecule has 0 spiro atoms. The third-order valence-corrected chi connectivity index (χ3v) is 3.68. The third kappa shape index (κ3) is 4.18. The van der Waals surface area contributed by atoms with Crippen LogP contribution in [0.1, 0.15) is 26.7 Å². The molecule has 108 valence electrons. The fraction of sp³-hybridized carbons (Fsp3) is 0.667. The summed E-state index contributed by atoms with van der Waals surface area (Å²) in [4.78, 5) is 11.6. The van der Waals surface area contributed by atoms with Crippen molar-refractivity contribution in [3.63, 3.8) is 0 Å². The number of carbonyl (C=O) groups is 1. The highest BCUT2D eigenvalue weighted by Crippen LogP contribution is 2.38. The average Bonchev–Trinajstić information content (AvgIpc) is 2.37. The first-order valence-electron chi connectivity index (χ1n) is 6.50. The van der Waals surface area contributed by atoms with Crippen molar-refractivity contribution >= 4 is 5.97 Å². The molecule has 0 amide bonds. The van der Waals surface area contributed by atoms with Gasteiger partial charge in [-0.15, -0.1) is 0 Å². The van der Waals surface area contributed by atoms with E-state index in [-0.39, 0.29) is 30.7 Å². The van der Waals surface area contributed by atoms with Crippen molar-refractivity contribution < 1.29 is 19.0 Å². The zero-order chi connectivity index (χ0) is 14.4. The van der Waals surface area contributed by atoms with E-state index in [1.807, 2.05) is 13.8 Å². The number of allylic oxidation sites excluding steroid dienone is 2. The standard InChI is InChI=1S/C15H24O4/c1-10(2)12-7-6-11(3)15(19-9-17-4)13(12)8-14(16)18-5/h6,12-13,15H,1,7-9H2,2-5H3/t12-,13-,15-/m0/s1. The van der Waals surface area contributed by atoms with Crippen molar-refractivity contribution in [1.82, 2.24) is 0 Å². The molecule has 19 heavy (non-hydrogen) atoms. The van der Waals surface area contributed by atoms with E-state index in [1.165, 1.54) is 7.11 Å². The predicted octanol–water partition coefficient (Wildman–Crippen LogP) is 2.70. The summed E-state index contributed by atoms with van der Waals surface area (Å²) < 4.78 is 15.5. The van der Waals surface area contributed by atoms with Crippen LogP contribution in [0.3, 0.4) is 0 Å². The molecule has 3 atom stereocenters. The number of ether oxygens (including phenoxy) is 3. The molecule has 0 aromatic heterocycles. The summed E-state index contributed by atoms with van der Waals surface area (Å²) in [7, 11) is 3.00. The molecule has 0 saturated carbocycles. The molecule has 1 aliphatic rings. The molecule has 4 heteroatoms. The van der Waals surface area contributed by atoms with E-state index in [2.05, 4.69) is 12.7 Å². The van der Waals surface area contributed by atoms with Gasteiger partial charge >= 0.3 is 5.97 Å². The van der Waals surface area contributed by atoms with E-state index in [0.29, 0.717) is 6.42 Å². The Balaban J connectivity index is 2.91. The monoisotopic (exact) mass is 268 g/mol. The molecular weight excluding hydrogens is 244 g/mol. The lowest BCUT2D eigenvalue weighted by Gasteiger charge is -2.37. The van der Waals surface area contributed by atoms with Crippen LogP contribution in [0, 0.1) is 11.8 Å². The Bertz CT molecular complexity index is 359. The van der Waals surface area contributed by atoms with Gasteiger partial charge in [-0.2, -0.15) is 0 Å². The number of esters is 1. The third-order valence-electron chi connectivity index (χ3n) is 3.68. The summed E-state index contributed by atoms with van der Waals surface area (Å²) in [5, 5.41) is 0. The molecule has 0 N–H and O–H groups in total. The molecule has 1 aliphatic carbocycles. The molecule has 0 aliphatic heterocycles. The van der Waals surface area contributed by atoms with Crippen LogP contribution < -0.4 is 0 Å². The molecule has 0 aromatic carbocycles. The van der Waals surface area contributed by atoms with Crippen LogP contribution in [0.5, 0.6) is 0 Å².